The number of aromatic amines is 1. The highest BCUT2D eigenvalue weighted by atomic mass is 16.5. The number of rotatable bonds is 3. The maximum atomic E-state index is 11.3. The summed E-state index contributed by atoms with van der Waals surface area (Å²) in [5.41, 5.74) is 2.62. The lowest BCUT2D eigenvalue weighted by molar-refractivity contribution is -0.154. The molecule has 0 spiro atoms. The van der Waals surface area contributed by atoms with Crippen molar-refractivity contribution in [2.75, 3.05) is 6.61 Å². The number of nitrogens with zero attached hydrogens (tertiary/aromatic N) is 1. The lowest BCUT2D eigenvalue weighted by atomic mass is 10.2. The number of amides is 1. The standard InChI is InChI=1S/C12H13N3O3/c1-2-18-12(17)11(16)13-6-8-3-4-9-10(5-8)15-7-14-9/h3-5,7H,2,6H2,1H3,(H,13,16)(H,14,15). The minimum atomic E-state index is -0.861. The monoisotopic (exact) mass is 247 g/mol. The van der Waals surface area contributed by atoms with E-state index in [2.05, 4.69) is 20.0 Å². The number of ether oxygens (including phenoxy) is 1. The molecule has 1 heterocycles. The van der Waals surface area contributed by atoms with Crippen molar-refractivity contribution in [3.05, 3.63) is 30.1 Å². The topological polar surface area (TPSA) is 84.1 Å². The van der Waals surface area contributed by atoms with Crippen molar-refractivity contribution in [2.45, 2.75) is 13.5 Å². The minimum Gasteiger partial charge on any atom is -0.459 e. The van der Waals surface area contributed by atoms with E-state index in [1.807, 2.05) is 18.2 Å². The Morgan fingerprint density at radius 2 is 2.28 bits per heavy atom. The van der Waals surface area contributed by atoms with Gasteiger partial charge in [-0.15, -0.1) is 0 Å². The van der Waals surface area contributed by atoms with Crippen LogP contribution in [0.1, 0.15) is 12.5 Å². The summed E-state index contributed by atoms with van der Waals surface area (Å²) in [6, 6.07) is 5.56. The minimum absolute atomic E-state index is 0.187. The smallest absolute Gasteiger partial charge is 0.396 e. The molecule has 6 heteroatoms. The molecule has 0 fully saturated rings. The first-order valence-electron chi connectivity index (χ1n) is 5.57. The molecule has 0 saturated heterocycles. The SMILES string of the molecule is CCOC(=O)C(=O)NCc1ccc2nc[nH]c2c1. The molecule has 0 atom stereocenters. The van der Waals surface area contributed by atoms with E-state index in [1.165, 1.54) is 0 Å². The van der Waals surface area contributed by atoms with Crippen molar-refractivity contribution >= 4 is 22.9 Å². The molecular formula is C12H13N3O3. The predicted molar refractivity (Wildman–Crippen MR) is 64.6 cm³/mol. The Balaban J connectivity index is 1.97. The fourth-order valence-corrected chi connectivity index (χ4v) is 1.54. The molecule has 0 aliphatic carbocycles. The van der Waals surface area contributed by atoms with E-state index in [0.717, 1.165) is 16.6 Å². The predicted octanol–water partition coefficient (Wildman–Crippen LogP) is 0.742. The number of aromatic nitrogens is 2. The summed E-state index contributed by atoms with van der Waals surface area (Å²) in [6.45, 7) is 2.11. The van der Waals surface area contributed by atoms with Gasteiger partial charge in [-0.25, -0.2) is 9.78 Å². The third kappa shape index (κ3) is 2.65. The number of imidazole rings is 1. The molecule has 0 aliphatic heterocycles. The van der Waals surface area contributed by atoms with Gasteiger partial charge in [0, 0.05) is 6.54 Å². The maximum Gasteiger partial charge on any atom is 0.396 e. The van der Waals surface area contributed by atoms with E-state index < -0.39 is 11.9 Å². The highest BCUT2D eigenvalue weighted by molar-refractivity contribution is 6.32. The van der Waals surface area contributed by atoms with E-state index >= 15 is 0 Å². The molecule has 94 valence electrons. The molecule has 2 aromatic rings. The van der Waals surface area contributed by atoms with Gasteiger partial charge in [0.1, 0.15) is 0 Å². The van der Waals surface area contributed by atoms with Gasteiger partial charge in [-0.3, -0.25) is 4.79 Å². The Hall–Kier alpha value is -2.37. The third-order valence-corrected chi connectivity index (χ3v) is 2.40. The van der Waals surface area contributed by atoms with Crippen LogP contribution in [0.3, 0.4) is 0 Å². The second kappa shape index (κ2) is 5.31. The van der Waals surface area contributed by atoms with Crippen LogP contribution in [0.15, 0.2) is 24.5 Å². The van der Waals surface area contributed by atoms with Gasteiger partial charge < -0.3 is 15.0 Å². The van der Waals surface area contributed by atoms with Gasteiger partial charge in [-0.1, -0.05) is 6.07 Å². The zero-order chi connectivity index (χ0) is 13.0. The zero-order valence-electron chi connectivity index (χ0n) is 9.90. The number of H-pyrrole nitrogens is 1. The van der Waals surface area contributed by atoms with Gasteiger partial charge in [-0.2, -0.15) is 0 Å². The molecule has 0 radical (unpaired) electrons. The average Bonchev–Trinajstić information content (AvgIpc) is 2.83. The number of fused-ring (bicyclic) bond motifs is 1. The van der Waals surface area contributed by atoms with Crippen molar-refractivity contribution in [3.63, 3.8) is 0 Å². The van der Waals surface area contributed by atoms with E-state index in [0.29, 0.717) is 0 Å². The molecule has 2 N–H and O–H groups in total. The summed E-state index contributed by atoms with van der Waals surface area (Å²) in [6.07, 6.45) is 1.60. The van der Waals surface area contributed by atoms with Crippen LogP contribution in [0, 0.1) is 0 Å². The van der Waals surface area contributed by atoms with E-state index in [9.17, 15) is 9.59 Å². The summed E-state index contributed by atoms with van der Waals surface area (Å²) in [5, 5.41) is 2.49. The lowest BCUT2D eigenvalue weighted by Crippen LogP contribution is -2.32. The summed E-state index contributed by atoms with van der Waals surface area (Å²) in [4.78, 5) is 29.5. The molecule has 18 heavy (non-hydrogen) atoms. The van der Waals surface area contributed by atoms with Gasteiger partial charge in [0.2, 0.25) is 0 Å². The summed E-state index contributed by atoms with van der Waals surface area (Å²) in [5.74, 6) is -1.60. The molecule has 1 amide bonds. The summed E-state index contributed by atoms with van der Waals surface area (Å²) < 4.78 is 4.58. The Morgan fingerprint density at radius 3 is 3.06 bits per heavy atom. The van der Waals surface area contributed by atoms with Crippen LogP contribution < -0.4 is 5.32 Å². The number of benzene rings is 1. The van der Waals surface area contributed by atoms with Crippen LogP contribution in [0.4, 0.5) is 0 Å². The van der Waals surface area contributed by atoms with Crippen molar-refractivity contribution in [2.24, 2.45) is 0 Å². The van der Waals surface area contributed by atoms with Gasteiger partial charge in [0.25, 0.3) is 0 Å². The van der Waals surface area contributed by atoms with Crippen molar-refractivity contribution in [1.29, 1.82) is 0 Å². The average molecular weight is 247 g/mol. The van der Waals surface area contributed by atoms with Crippen LogP contribution >= 0.6 is 0 Å². The first-order chi connectivity index (χ1) is 8.70. The molecule has 0 saturated carbocycles. The first kappa shape index (κ1) is 12.1. The Bertz CT molecular complexity index is 577. The number of nitrogens with one attached hydrogen (secondary N) is 2. The Morgan fingerprint density at radius 1 is 1.44 bits per heavy atom. The summed E-state index contributed by atoms with van der Waals surface area (Å²) in [7, 11) is 0. The fourth-order valence-electron chi connectivity index (χ4n) is 1.54. The van der Waals surface area contributed by atoms with E-state index in [4.69, 9.17) is 0 Å². The second-order valence-corrected chi connectivity index (χ2v) is 3.66. The van der Waals surface area contributed by atoms with Gasteiger partial charge >= 0.3 is 11.9 Å². The van der Waals surface area contributed by atoms with E-state index in [1.54, 1.807) is 13.3 Å². The summed E-state index contributed by atoms with van der Waals surface area (Å²) >= 11 is 0. The third-order valence-electron chi connectivity index (χ3n) is 2.40. The molecule has 0 aliphatic rings. The normalized spacial score (nSPS) is 10.3. The van der Waals surface area contributed by atoms with Crippen molar-refractivity contribution in [3.8, 4) is 0 Å². The van der Waals surface area contributed by atoms with E-state index in [-0.39, 0.29) is 13.2 Å². The van der Waals surface area contributed by atoms with Gasteiger partial charge in [0.05, 0.1) is 24.0 Å². The van der Waals surface area contributed by atoms with Crippen LogP contribution in [0.25, 0.3) is 11.0 Å². The fraction of sp³-hybridized carbons (Fsp3) is 0.250. The number of carbonyl (C=O) groups excluding carboxylic acids is 2. The quantitative estimate of drug-likeness (QED) is 0.619. The molecule has 6 nitrogen and oxygen atoms in total. The number of esters is 1. The number of hydrogen-bond acceptors (Lipinski definition) is 4. The van der Waals surface area contributed by atoms with Crippen LogP contribution in [-0.2, 0) is 20.9 Å². The number of carbonyl (C=O) groups is 2. The maximum absolute atomic E-state index is 11.3. The van der Waals surface area contributed by atoms with Gasteiger partial charge in [-0.05, 0) is 24.6 Å². The van der Waals surface area contributed by atoms with Crippen LogP contribution in [0.2, 0.25) is 0 Å². The Labute approximate surface area is 103 Å². The molecule has 0 unspecified atom stereocenters. The highest BCUT2D eigenvalue weighted by Crippen LogP contribution is 2.11. The molecular weight excluding hydrogens is 234 g/mol. The highest BCUT2D eigenvalue weighted by Gasteiger charge is 2.13. The van der Waals surface area contributed by atoms with Gasteiger partial charge in [0.15, 0.2) is 0 Å². The van der Waals surface area contributed by atoms with Crippen molar-refractivity contribution in [1.82, 2.24) is 15.3 Å². The zero-order valence-corrected chi connectivity index (χ0v) is 9.90. The number of hydrogen-bond donors (Lipinski definition) is 2. The lowest BCUT2D eigenvalue weighted by Gasteiger charge is -2.04. The van der Waals surface area contributed by atoms with Crippen LogP contribution in [0.5, 0.6) is 0 Å². The molecule has 1 aromatic heterocycles. The Kier molecular flexibility index (Phi) is 3.57. The van der Waals surface area contributed by atoms with Crippen LogP contribution in [-0.4, -0.2) is 28.5 Å². The van der Waals surface area contributed by atoms with Crippen molar-refractivity contribution < 1.29 is 14.3 Å². The molecule has 0 bridgehead atoms. The molecule has 1 aromatic carbocycles. The first-order valence-corrected chi connectivity index (χ1v) is 5.57. The second-order valence-electron chi connectivity index (χ2n) is 3.66. The largest absolute Gasteiger partial charge is 0.459 e. The molecule has 2 rings (SSSR count).